The lowest BCUT2D eigenvalue weighted by atomic mass is 9.87. The number of nitrogens with one attached hydrogen (secondary N) is 2. The fraction of sp³-hybridized carbons (Fsp3) is 0.269. The van der Waals surface area contributed by atoms with Crippen LogP contribution in [0, 0.1) is 12.7 Å². The number of aryl methyl sites for hydroxylation is 1. The van der Waals surface area contributed by atoms with E-state index in [1.54, 1.807) is 26.1 Å². The Balaban J connectivity index is 1.85. The van der Waals surface area contributed by atoms with E-state index in [1.165, 1.54) is 18.2 Å². The number of halogens is 4. The molecule has 0 aromatic heterocycles. The molecule has 3 rings (SSSR count). The summed E-state index contributed by atoms with van der Waals surface area (Å²) in [5, 5.41) is 5.90. The van der Waals surface area contributed by atoms with Crippen molar-refractivity contribution in [1.29, 1.82) is 0 Å². The van der Waals surface area contributed by atoms with Gasteiger partial charge >= 0.3 is 6.18 Å². The number of amides is 1. The summed E-state index contributed by atoms with van der Waals surface area (Å²) in [7, 11) is 1.56. The van der Waals surface area contributed by atoms with Crippen molar-refractivity contribution in [3.8, 4) is 0 Å². The molecule has 3 nitrogen and oxygen atoms in total. The number of benzene rings is 3. The second kappa shape index (κ2) is 10.6. The van der Waals surface area contributed by atoms with E-state index in [2.05, 4.69) is 10.6 Å². The van der Waals surface area contributed by atoms with Crippen molar-refractivity contribution >= 4 is 5.91 Å². The van der Waals surface area contributed by atoms with Crippen molar-refractivity contribution in [2.24, 2.45) is 0 Å². The van der Waals surface area contributed by atoms with Gasteiger partial charge in [-0.05, 0) is 60.3 Å². The molecule has 33 heavy (non-hydrogen) atoms. The normalized spacial score (nSPS) is 13.4. The topological polar surface area (TPSA) is 41.1 Å². The van der Waals surface area contributed by atoms with Crippen LogP contribution in [-0.4, -0.2) is 19.5 Å². The monoisotopic (exact) mass is 458 g/mol. The Bertz CT molecular complexity index is 1070. The predicted octanol–water partition coefficient (Wildman–Crippen LogP) is 5.75. The van der Waals surface area contributed by atoms with E-state index < -0.39 is 17.8 Å². The fourth-order valence-corrected chi connectivity index (χ4v) is 3.84. The van der Waals surface area contributed by atoms with Crippen molar-refractivity contribution in [3.63, 3.8) is 0 Å². The third-order valence-corrected chi connectivity index (χ3v) is 5.65. The SMILES string of the molecule is CNC(=O)[C@H](NCC[C@@H](c1ccc(C(F)(F)F)cc1)c1ccc(F)c(C)c1)c1ccccc1. The summed E-state index contributed by atoms with van der Waals surface area (Å²) in [5.41, 5.74) is 2.03. The zero-order chi connectivity index (χ0) is 24.0. The molecular formula is C26H26F4N2O. The summed E-state index contributed by atoms with van der Waals surface area (Å²) in [5.74, 6) is -0.808. The van der Waals surface area contributed by atoms with E-state index in [0.717, 1.165) is 23.3 Å². The quantitative estimate of drug-likeness (QED) is 0.422. The molecule has 0 saturated carbocycles. The highest BCUT2D eigenvalue weighted by Crippen LogP contribution is 2.33. The Labute approximate surface area is 190 Å². The minimum atomic E-state index is -4.42. The summed E-state index contributed by atoms with van der Waals surface area (Å²) < 4.78 is 52.9. The third kappa shape index (κ3) is 6.20. The van der Waals surface area contributed by atoms with Gasteiger partial charge in [-0.1, -0.05) is 54.6 Å². The Hall–Kier alpha value is -3.19. The van der Waals surface area contributed by atoms with Gasteiger partial charge in [0.25, 0.3) is 0 Å². The van der Waals surface area contributed by atoms with Crippen LogP contribution in [0.15, 0.2) is 72.8 Å². The standard InChI is InChI=1S/C26H26F4N2O/c1-17-16-20(10-13-23(17)27)22(18-8-11-21(12-9-18)26(28,29)30)14-15-32-24(25(33)31-2)19-6-4-3-5-7-19/h3-13,16,22,24,32H,14-15H2,1-2H3,(H,31,33)/t22-,24+/m0/s1. The van der Waals surface area contributed by atoms with Gasteiger partial charge in [-0.3, -0.25) is 4.79 Å². The van der Waals surface area contributed by atoms with E-state index in [4.69, 9.17) is 0 Å². The summed E-state index contributed by atoms with van der Waals surface area (Å²) in [6, 6.07) is 18.5. The summed E-state index contributed by atoms with van der Waals surface area (Å²) >= 11 is 0. The van der Waals surface area contributed by atoms with Gasteiger partial charge in [0.15, 0.2) is 0 Å². The molecule has 0 spiro atoms. The molecule has 0 radical (unpaired) electrons. The molecule has 1 amide bonds. The van der Waals surface area contributed by atoms with Gasteiger partial charge < -0.3 is 10.6 Å². The Kier molecular flexibility index (Phi) is 7.87. The van der Waals surface area contributed by atoms with Crippen LogP contribution in [0.1, 0.15) is 46.2 Å². The van der Waals surface area contributed by atoms with E-state index >= 15 is 0 Å². The number of carbonyl (C=O) groups is 1. The highest BCUT2D eigenvalue weighted by molar-refractivity contribution is 5.82. The highest BCUT2D eigenvalue weighted by Gasteiger charge is 2.30. The third-order valence-electron chi connectivity index (χ3n) is 5.65. The van der Waals surface area contributed by atoms with E-state index in [1.807, 2.05) is 30.3 Å². The first-order chi connectivity index (χ1) is 15.7. The van der Waals surface area contributed by atoms with Gasteiger partial charge in [0.05, 0.1) is 5.56 Å². The summed E-state index contributed by atoms with van der Waals surface area (Å²) in [6.07, 6.45) is -3.92. The van der Waals surface area contributed by atoms with Crippen LogP contribution in [0.2, 0.25) is 0 Å². The van der Waals surface area contributed by atoms with Gasteiger partial charge in [-0.15, -0.1) is 0 Å². The maximum absolute atomic E-state index is 13.8. The molecule has 3 aromatic carbocycles. The van der Waals surface area contributed by atoms with Gasteiger partial charge in [0.1, 0.15) is 11.9 Å². The largest absolute Gasteiger partial charge is 0.416 e. The molecular weight excluding hydrogens is 432 g/mol. The molecule has 2 atom stereocenters. The highest BCUT2D eigenvalue weighted by atomic mass is 19.4. The van der Waals surface area contributed by atoms with Crippen LogP contribution < -0.4 is 10.6 Å². The second-order valence-corrected chi connectivity index (χ2v) is 7.88. The average molecular weight is 458 g/mol. The molecule has 0 unspecified atom stereocenters. The molecule has 0 fully saturated rings. The smallest absolute Gasteiger partial charge is 0.358 e. The maximum atomic E-state index is 13.8. The zero-order valence-corrected chi connectivity index (χ0v) is 18.4. The van der Waals surface area contributed by atoms with Crippen molar-refractivity contribution < 1.29 is 22.4 Å². The molecule has 7 heteroatoms. The van der Waals surface area contributed by atoms with Gasteiger partial charge in [0.2, 0.25) is 5.91 Å². The molecule has 174 valence electrons. The predicted molar refractivity (Wildman–Crippen MR) is 120 cm³/mol. The van der Waals surface area contributed by atoms with E-state index in [-0.39, 0.29) is 17.6 Å². The lowest BCUT2D eigenvalue weighted by Crippen LogP contribution is -2.36. The molecule has 2 N–H and O–H groups in total. The first kappa shape index (κ1) is 24.5. The average Bonchev–Trinajstić information content (AvgIpc) is 2.81. The van der Waals surface area contributed by atoms with Gasteiger partial charge in [-0.25, -0.2) is 4.39 Å². The summed E-state index contributed by atoms with van der Waals surface area (Å²) in [4.78, 5) is 12.4. The number of rotatable bonds is 8. The van der Waals surface area contributed by atoms with Crippen LogP contribution in [0.3, 0.4) is 0 Å². The number of hydrogen-bond donors (Lipinski definition) is 2. The Morgan fingerprint density at radius 1 is 0.909 bits per heavy atom. The minimum Gasteiger partial charge on any atom is -0.358 e. The van der Waals surface area contributed by atoms with E-state index in [0.29, 0.717) is 24.1 Å². The van der Waals surface area contributed by atoms with Crippen LogP contribution in [-0.2, 0) is 11.0 Å². The second-order valence-electron chi connectivity index (χ2n) is 7.88. The molecule has 0 bridgehead atoms. The van der Waals surface area contributed by atoms with Crippen LogP contribution in [0.5, 0.6) is 0 Å². The van der Waals surface area contributed by atoms with Crippen LogP contribution in [0.25, 0.3) is 0 Å². The molecule has 0 saturated heterocycles. The first-order valence-electron chi connectivity index (χ1n) is 10.6. The van der Waals surface area contributed by atoms with Gasteiger partial charge in [0, 0.05) is 13.0 Å². The Morgan fingerprint density at radius 3 is 2.12 bits per heavy atom. The van der Waals surface area contributed by atoms with Crippen LogP contribution >= 0.6 is 0 Å². The first-order valence-corrected chi connectivity index (χ1v) is 10.6. The molecule has 0 aliphatic carbocycles. The number of hydrogen-bond acceptors (Lipinski definition) is 2. The van der Waals surface area contributed by atoms with Crippen LogP contribution in [0.4, 0.5) is 17.6 Å². The van der Waals surface area contributed by atoms with Gasteiger partial charge in [-0.2, -0.15) is 13.2 Å². The molecule has 3 aromatic rings. The lowest BCUT2D eigenvalue weighted by Gasteiger charge is -2.22. The number of alkyl halides is 3. The maximum Gasteiger partial charge on any atom is 0.416 e. The lowest BCUT2D eigenvalue weighted by molar-refractivity contribution is -0.137. The molecule has 0 aliphatic heterocycles. The fourth-order valence-electron chi connectivity index (χ4n) is 3.84. The van der Waals surface area contributed by atoms with Crippen molar-refractivity contribution in [2.75, 3.05) is 13.6 Å². The Morgan fingerprint density at radius 2 is 1.55 bits per heavy atom. The number of likely N-dealkylation sites (N-methyl/N-ethyl adjacent to an activating group) is 1. The minimum absolute atomic E-state index is 0.190. The van der Waals surface area contributed by atoms with Crippen molar-refractivity contribution in [3.05, 3.63) is 106 Å². The molecule has 0 aliphatic rings. The zero-order valence-electron chi connectivity index (χ0n) is 18.4. The van der Waals surface area contributed by atoms with E-state index in [9.17, 15) is 22.4 Å². The molecule has 0 heterocycles. The van der Waals surface area contributed by atoms with Crippen molar-refractivity contribution in [1.82, 2.24) is 10.6 Å². The van der Waals surface area contributed by atoms with Crippen molar-refractivity contribution in [2.45, 2.75) is 31.5 Å². The number of carbonyl (C=O) groups excluding carboxylic acids is 1. The summed E-state index contributed by atoms with van der Waals surface area (Å²) in [6.45, 7) is 2.06.